The average molecular weight is 519 g/mol. The van der Waals surface area contributed by atoms with E-state index in [-0.39, 0.29) is 29.8 Å². The Balaban J connectivity index is 0.00000392. The van der Waals surface area contributed by atoms with Crippen LogP contribution in [0, 0.1) is 11.7 Å². The number of nitrogens with zero attached hydrogens (tertiary/aromatic N) is 1. The van der Waals surface area contributed by atoms with Gasteiger partial charge in [0.15, 0.2) is 5.96 Å². The van der Waals surface area contributed by atoms with Gasteiger partial charge in [0, 0.05) is 25.2 Å². The second-order valence-electron chi connectivity index (χ2n) is 6.15. The predicted molar refractivity (Wildman–Crippen MR) is 123 cm³/mol. The third-order valence-electron chi connectivity index (χ3n) is 4.18. The molecule has 28 heavy (non-hydrogen) atoms. The Morgan fingerprint density at radius 2 is 1.86 bits per heavy atom. The van der Waals surface area contributed by atoms with Crippen molar-refractivity contribution in [2.45, 2.75) is 12.8 Å². The van der Waals surface area contributed by atoms with E-state index in [0.717, 1.165) is 22.6 Å². The van der Waals surface area contributed by atoms with Crippen LogP contribution in [0.2, 0.25) is 5.02 Å². The van der Waals surface area contributed by atoms with Crippen LogP contribution < -0.4 is 16.4 Å². The van der Waals surface area contributed by atoms with Crippen LogP contribution in [0.15, 0.2) is 53.5 Å². The van der Waals surface area contributed by atoms with E-state index >= 15 is 0 Å². The molecule has 0 aliphatic rings. The zero-order chi connectivity index (χ0) is 19.6. The van der Waals surface area contributed by atoms with Crippen LogP contribution in [-0.2, 0) is 17.6 Å². The quantitative estimate of drug-likeness (QED) is 0.285. The molecule has 0 saturated carbocycles. The first-order valence-corrected chi connectivity index (χ1v) is 9.09. The smallest absolute Gasteiger partial charge is 0.222 e. The Kier molecular flexibility index (Phi) is 10.8. The fourth-order valence-corrected chi connectivity index (χ4v) is 2.87. The minimum atomic E-state index is -0.433. The molecule has 5 nitrogen and oxygen atoms in total. The number of nitrogens with two attached hydrogens (primary N) is 1. The lowest BCUT2D eigenvalue weighted by molar-refractivity contribution is -0.121. The van der Waals surface area contributed by atoms with E-state index in [2.05, 4.69) is 15.6 Å². The molecule has 2 aromatic carbocycles. The van der Waals surface area contributed by atoms with Gasteiger partial charge in [0.05, 0.1) is 5.92 Å². The van der Waals surface area contributed by atoms with Gasteiger partial charge < -0.3 is 16.4 Å². The Labute approximate surface area is 187 Å². The monoisotopic (exact) mass is 518 g/mol. The summed E-state index contributed by atoms with van der Waals surface area (Å²) in [7, 11) is 1.66. The van der Waals surface area contributed by atoms with Crippen molar-refractivity contribution in [3.05, 3.63) is 70.5 Å². The number of hydrogen-bond donors (Lipinski definition) is 3. The molecule has 0 saturated heterocycles. The van der Waals surface area contributed by atoms with Crippen molar-refractivity contribution < 1.29 is 9.18 Å². The average Bonchev–Trinajstić information content (AvgIpc) is 2.66. The molecule has 1 unspecified atom stereocenters. The summed E-state index contributed by atoms with van der Waals surface area (Å²) < 4.78 is 13.0. The predicted octanol–water partition coefficient (Wildman–Crippen LogP) is 3.15. The molecule has 2 aromatic rings. The molecule has 8 heteroatoms. The van der Waals surface area contributed by atoms with E-state index in [1.54, 1.807) is 19.2 Å². The van der Waals surface area contributed by atoms with Crippen LogP contribution in [-0.4, -0.2) is 32.0 Å². The van der Waals surface area contributed by atoms with Gasteiger partial charge in [-0.05, 0) is 42.2 Å². The second kappa shape index (κ2) is 12.6. The minimum Gasteiger partial charge on any atom is -0.369 e. The highest BCUT2D eigenvalue weighted by atomic mass is 127. The highest BCUT2D eigenvalue weighted by Crippen LogP contribution is 2.14. The van der Waals surface area contributed by atoms with Gasteiger partial charge in [0.2, 0.25) is 5.91 Å². The van der Waals surface area contributed by atoms with Crippen LogP contribution in [0.4, 0.5) is 4.39 Å². The first-order valence-electron chi connectivity index (χ1n) is 8.71. The molecule has 1 atom stereocenters. The van der Waals surface area contributed by atoms with Crippen molar-refractivity contribution in [2.24, 2.45) is 16.6 Å². The highest BCUT2D eigenvalue weighted by Gasteiger charge is 2.16. The van der Waals surface area contributed by atoms with E-state index in [9.17, 15) is 9.18 Å². The molecule has 0 fully saturated rings. The van der Waals surface area contributed by atoms with Crippen molar-refractivity contribution in [2.75, 3.05) is 20.1 Å². The summed E-state index contributed by atoms with van der Waals surface area (Å²) in [5.41, 5.74) is 7.41. The summed E-state index contributed by atoms with van der Waals surface area (Å²) in [6.45, 7) is 0.973. The molecule has 1 amide bonds. The third-order valence-corrected chi connectivity index (χ3v) is 4.55. The van der Waals surface area contributed by atoms with Crippen molar-refractivity contribution in [3.8, 4) is 0 Å². The molecule has 0 heterocycles. The maximum Gasteiger partial charge on any atom is 0.222 e. The van der Waals surface area contributed by atoms with Crippen molar-refractivity contribution in [1.82, 2.24) is 10.6 Å². The number of primary amides is 1. The number of benzene rings is 2. The number of hydrogen-bond acceptors (Lipinski definition) is 2. The summed E-state index contributed by atoms with van der Waals surface area (Å²) in [5.74, 6) is -0.584. The molecular weight excluding hydrogens is 494 g/mol. The molecule has 0 aliphatic heterocycles. The molecule has 4 N–H and O–H groups in total. The molecule has 0 spiro atoms. The number of carbonyl (C=O) groups is 1. The van der Waals surface area contributed by atoms with Crippen molar-refractivity contribution in [1.29, 1.82) is 0 Å². The normalized spacial score (nSPS) is 12.0. The molecule has 152 valence electrons. The molecule has 2 rings (SSSR count). The largest absolute Gasteiger partial charge is 0.369 e. The standard InChI is InChI=1S/C20H24ClFN4O.HI/c1-24-20(25-11-10-15-4-2-3-5-18(15)21)26-13-16(19(23)27)12-14-6-8-17(22)9-7-14;/h2-9,16H,10-13H2,1H3,(H2,23,27)(H2,24,25,26);1H. The Morgan fingerprint density at radius 1 is 1.18 bits per heavy atom. The molecule has 0 aliphatic carbocycles. The molecule has 0 aromatic heterocycles. The van der Waals surface area contributed by atoms with Crippen molar-refractivity contribution in [3.63, 3.8) is 0 Å². The topological polar surface area (TPSA) is 79.5 Å². The number of halogens is 3. The SMILES string of the molecule is CN=C(NCCc1ccccc1Cl)NCC(Cc1ccc(F)cc1)C(N)=O.I. The first-order chi connectivity index (χ1) is 13.0. The van der Waals surface area contributed by atoms with Crippen molar-refractivity contribution >= 4 is 47.4 Å². The summed E-state index contributed by atoms with van der Waals surface area (Å²) >= 11 is 6.15. The Bertz CT molecular complexity index is 786. The maximum absolute atomic E-state index is 13.0. The number of amides is 1. The number of guanidine groups is 1. The zero-order valence-corrected chi connectivity index (χ0v) is 18.7. The highest BCUT2D eigenvalue weighted by molar-refractivity contribution is 14.0. The van der Waals surface area contributed by atoms with Gasteiger partial charge in [0.1, 0.15) is 5.82 Å². The second-order valence-corrected chi connectivity index (χ2v) is 6.56. The number of nitrogens with one attached hydrogen (secondary N) is 2. The van der Waals surface area contributed by atoms with Crippen LogP contribution in [0.3, 0.4) is 0 Å². The van der Waals surface area contributed by atoms with E-state index in [1.165, 1.54) is 12.1 Å². The maximum atomic E-state index is 13.0. The lowest BCUT2D eigenvalue weighted by Crippen LogP contribution is -2.43. The summed E-state index contributed by atoms with van der Waals surface area (Å²) in [6.07, 6.45) is 1.18. The van der Waals surface area contributed by atoms with E-state index < -0.39 is 11.8 Å². The van der Waals surface area contributed by atoms with Gasteiger partial charge in [-0.15, -0.1) is 24.0 Å². The summed E-state index contributed by atoms with van der Waals surface area (Å²) in [5, 5.41) is 7.04. The van der Waals surface area contributed by atoms with Gasteiger partial charge in [-0.3, -0.25) is 9.79 Å². The fourth-order valence-electron chi connectivity index (χ4n) is 2.64. The van der Waals surface area contributed by atoms with Gasteiger partial charge in [0.25, 0.3) is 0 Å². The van der Waals surface area contributed by atoms with Crippen LogP contribution in [0.5, 0.6) is 0 Å². The number of carbonyl (C=O) groups excluding carboxylic acids is 1. The molecular formula is C20H25ClFIN4O. The Morgan fingerprint density at radius 3 is 2.46 bits per heavy atom. The Hall–Kier alpha value is -1.87. The van der Waals surface area contributed by atoms with Gasteiger partial charge >= 0.3 is 0 Å². The lowest BCUT2D eigenvalue weighted by Gasteiger charge is -2.17. The van der Waals surface area contributed by atoms with E-state index in [4.69, 9.17) is 17.3 Å². The van der Waals surface area contributed by atoms with Crippen LogP contribution in [0.1, 0.15) is 11.1 Å². The third kappa shape index (κ3) is 8.02. The summed E-state index contributed by atoms with van der Waals surface area (Å²) in [4.78, 5) is 15.9. The molecule has 0 radical (unpaired) electrons. The number of rotatable bonds is 8. The lowest BCUT2D eigenvalue weighted by atomic mass is 9.98. The van der Waals surface area contributed by atoms with Gasteiger partial charge in [-0.1, -0.05) is 41.9 Å². The number of aliphatic imine (C=N–C) groups is 1. The minimum absolute atomic E-state index is 0. The summed E-state index contributed by atoms with van der Waals surface area (Å²) in [6, 6.07) is 13.7. The zero-order valence-electron chi connectivity index (χ0n) is 15.6. The van der Waals surface area contributed by atoms with Crippen LogP contribution >= 0.6 is 35.6 Å². The van der Waals surface area contributed by atoms with Gasteiger partial charge in [-0.25, -0.2) is 4.39 Å². The van der Waals surface area contributed by atoms with E-state index in [1.807, 2.05) is 24.3 Å². The molecule has 0 bridgehead atoms. The van der Waals surface area contributed by atoms with Gasteiger partial charge in [-0.2, -0.15) is 0 Å². The van der Waals surface area contributed by atoms with E-state index in [0.29, 0.717) is 25.5 Å². The fraction of sp³-hybridized carbons (Fsp3) is 0.300. The van der Waals surface area contributed by atoms with Crippen LogP contribution in [0.25, 0.3) is 0 Å². The first kappa shape index (κ1) is 24.2.